The maximum atomic E-state index is 5.84. The predicted octanol–water partition coefficient (Wildman–Crippen LogP) is 6.74. The van der Waals surface area contributed by atoms with Gasteiger partial charge in [0.15, 0.2) is 24.2 Å². The topological polar surface area (TPSA) is 46.8 Å². The van der Waals surface area contributed by atoms with E-state index in [1.54, 1.807) is 7.11 Å². The highest BCUT2D eigenvalue weighted by Gasteiger charge is 2.32. The first-order valence-corrected chi connectivity index (χ1v) is 15.0. The van der Waals surface area contributed by atoms with Crippen LogP contribution in [0.25, 0.3) is 22.0 Å². The Balaban J connectivity index is 1.52. The van der Waals surface area contributed by atoms with E-state index in [4.69, 9.17) is 14.2 Å². The molecule has 2 aromatic carbocycles. The molecule has 0 atom stereocenters. The van der Waals surface area contributed by atoms with E-state index in [0.717, 1.165) is 55.4 Å². The first kappa shape index (κ1) is 27.6. The normalized spacial score (nSPS) is 13.6. The van der Waals surface area contributed by atoms with Crippen molar-refractivity contribution in [2.24, 2.45) is 0 Å². The number of aromatic nitrogens is 1. The zero-order valence-corrected chi connectivity index (χ0v) is 24.4. The number of benzene rings is 2. The zero-order valence-electron chi connectivity index (χ0n) is 24.4. The van der Waals surface area contributed by atoms with Crippen molar-refractivity contribution < 1.29 is 18.8 Å². The number of hydrogen-bond acceptors (Lipinski definition) is 5. The number of nitrogens with zero attached hydrogens (tertiary/aromatic N) is 2. The van der Waals surface area contributed by atoms with Gasteiger partial charge in [0.25, 0.3) is 0 Å². The van der Waals surface area contributed by atoms with E-state index in [2.05, 4.69) is 66.3 Å². The van der Waals surface area contributed by atoms with Gasteiger partial charge in [-0.15, -0.1) is 0 Å². The average molecular weight is 533 g/mol. The number of likely N-dealkylation sites (N-methyl/N-ethyl adjacent to an activating group) is 1. The molecular formula is C33H46N3O3+. The number of nitrogens with one attached hydrogen (secondary N) is 1. The van der Waals surface area contributed by atoms with Crippen LogP contribution in [0.2, 0.25) is 0 Å². The van der Waals surface area contributed by atoms with E-state index < -0.39 is 0 Å². The van der Waals surface area contributed by atoms with Crippen LogP contribution in [0.5, 0.6) is 17.2 Å². The maximum Gasteiger partial charge on any atom is 0.231 e. The Labute approximate surface area is 234 Å². The van der Waals surface area contributed by atoms with Crippen LogP contribution in [-0.4, -0.2) is 46.0 Å². The van der Waals surface area contributed by atoms with Crippen molar-refractivity contribution in [2.45, 2.75) is 77.7 Å². The number of unbranched alkanes of at least 4 members (excludes halogenated alkanes) is 7. The van der Waals surface area contributed by atoms with E-state index in [1.165, 1.54) is 84.5 Å². The number of ether oxygens (including phenoxy) is 3. The Morgan fingerprint density at radius 1 is 0.949 bits per heavy atom. The summed E-state index contributed by atoms with van der Waals surface area (Å²) in [5.41, 5.74) is 6.53. The van der Waals surface area contributed by atoms with Gasteiger partial charge < -0.3 is 24.4 Å². The quantitative estimate of drug-likeness (QED) is 0.184. The minimum Gasteiger partial charge on any atom is -0.495 e. The van der Waals surface area contributed by atoms with Gasteiger partial charge in [0.1, 0.15) is 5.75 Å². The van der Waals surface area contributed by atoms with Gasteiger partial charge in [-0.25, -0.2) is 0 Å². The first-order chi connectivity index (χ1) is 19.1. The lowest BCUT2D eigenvalue weighted by Gasteiger charge is -2.22. The fourth-order valence-electron chi connectivity index (χ4n) is 6.11. The molecule has 210 valence electrons. The molecule has 0 amide bonds. The molecule has 0 bridgehead atoms. The molecule has 1 aromatic heterocycles. The predicted molar refractivity (Wildman–Crippen MR) is 159 cm³/mol. The van der Waals surface area contributed by atoms with Crippen molar-refractivity contribution in [3.05, 3.63) is 41.6 Å². The molecule has 0 spiro atoms. The third-order valence-corrected chi connectivity index (χ3v) is 8.23. The second kappa shape index (κ2) is 12.9. The van der Waals surface area contributed by atoms with Gasteiger partial charge >= 0.3 is 0 Å². The lowest BCUT2D eigenvalue weighted by Crippen LogP contribution is -2.41. The van der Waals surface area contributed by atoms with E-state index >= 15 is 0 Å². The van der Waals surface area contributed by atoms with Crippen LogP contribution >= 0.6 is 0 Å². The van der Waals surface area contributed by atoms with Crippen LogP contribution in [-0.2, 0) is 19.4 Å². The number of rotatable bonds is 14. The Hall–Kier alpha value is -2.99. The molecule has 0 fully saturated rings. The summed E-state index contributed by atoms with van der Waals surface area (Å²) in [6, 6.07) is 8.82. The number of aryl methyl sites for hydroxylation is 3. The molecule has 5 rings (SSSR count). The minimum absolute atomic E-state index is 0.308. The molecule has 0 aliphatic carbocycles. The summed E-state index contributed by atoms with van der Waals surface area (Å²) in [6.07, 6.45) is 15.0. The van der Waals surface area contributed by atoms with Crippen LogP contribution < -0.4 is 24.1 Å². The Morgan fingerprint density at radius 2 is 1.69 bits per heavy atom. The highest BCUT2D eigenvalue weighted by atomic mass is 16.7. The lowest BCUT2D eigenvalue weighted by atomic mass is 9.89. The van der Waals surface area contributed by atoms with Crippen molar-refractivity contribution in [1.82, 2.24) is 4.90 Å². The highest BCUT2D eigenvalue weighted by Crippen LogP contribution is 2.43. The minimum atomic E-state index is 0.308. The summed E-state index contributed by atoms with van der Waals surface area (Å²) in [5.74, 6) is 2.64. The zero-order chi connectivity index (χ0) is 27.2. The number of pyridine rings is 1. The molecule has 1 N–H and O–H groups in total. The van der Waals surface area contributed by atoms with E-state index in [1.807, 2.05) is 0 Å². The average Bonchev–Trinajstić information content (AvgIpc) is 3.40. The van der Waals surface area contributed by atoms with Crippen molar-refractivity contribution in [1.29, 1.82) is 0 Å². The van der Waals surface area contributed by atoms with Crippen LogP contribution in [0.1, 0.15) is 69.4 Å². The summed E-state index contributed by atoms with van der Waals surface area (Å²) in [6.45, 7) is 5.37. The van der Waals surface area contributed by atoms with E-state index in [0.29, 0.717) is 6.79 Å². The van der Waals surface area contributed by atoms with E-state index in [9.17, 15) is 0 Å². The van der Waals surface area contributed by atoms with Gasteiger partial charge in [0, 0.05) is 25.1 Å². The van der Waals surface area contributed by atoms with Gasteiger partial charge in [0.05, 0.1) is 23.7 Å². The number of anilines is 1. The van der Waals surface area contributed by atoms with Crippen molar-refractivity contribution in [3.8, 4) is 28.5 Å². The molecule has 0 saturated heterocycles. The standard InChI is InChI=1S/C33H45N3O3/c1-5-6-7-8-9-10-11-12-13-26-25-14-15-29(37-4)32(34-17-19-35(2)3)28(25)22-36-18-16-24-20-30-31(39-23-38-30)21-27(24)33(26)36/h14-15,20-22H,5-13,16-19,23H2,1-4H3/p+1. The van der Waals surface area contributed by atoms with Crippen LogP contribution in [0.15, 0.2) is 30.5 Å². The SMILES string of the molecule is CCCCCCCCCCc1c2[n+](cc3c(NCCN(C)C)c(OC)ccc13)CCc1cc3c(cc1-2)OCO3. The van der Waals surface area contributed by atoms with Crippen molar-refractivity contribution in [3.63, 3.8) is 0 Å². The number of hydrogen-bond donors (Lipinski definition) is 1. The molecule has 6 heteroatoms. The molecule has 3 aromatic rings. The number of methoxy groups -OCH3 is 1. The van der Waals surface area contributed by atoms with Crippen molar-refractivity contribution >= 4 is 16.5 Å². The fourth-order valence-corrected chi connectivity index (χ4v) is 6.11. The van der Waals surface area contributed by atoms with Gasteiger partial charge in [-0.2, -0.15) is 4.57 Å². The molecule has 2 aliphatic rings. The molecule has 39 heavy (non-hydrogen) atoms. The van der Waals surface area contributed by atoms with Crippen molar-refractivity contribution in [2.75, 3.05) is 46.4 Å². The van der Waals surface area contributed by atoms with Crippen LogP contribution in [0.4, 0.5) is 5.69 Å². The third-order valence-electron chi connectivity index (χ3n) is 8.23. The third kappa shape index (κ3) is 6.11. The lowest BCUT2D eigenvalue weighted by molar-refractivity contribution is -0.686. The summed E-state index contributed by atoms with van der Waals surface area (Å²) < 4.78 is 19.8. The molecule has 0 unspecified atom stereocenters. The largest absolute Gasteiger partial charge is 0.495 e. The monoisotopic (exact) mass is 532 g/mol. The molecule has 0 radical (unpaired) electrons. The second-order valence-corrected chi connectivity index (χ2v) is 11.3. The van der Waals surface area contributed by atoms with Gasteiger partial charge in [-0.05, 0) is 62.2 Å². The second-order valence-electron chi connectivity index (χ2n) is 11.3. The molecule has 6 nitrogen and oxygen atoms in total. The summed E-state index contributed by atoms with van der Waals surface area (Å²) >= 11 is 0. The van der Waals surface area contributed by atoms with E-state index in [-0.39, 0.29) is 0 Å². The van der Waals surface area contributed by atoms with Gasteiger partial charge in [-0.1, -0.05) is 51.9 Å². The molecule has 2 aliphatic heterocycles. The first-order valence-electron chi connectivity index (χ1n) is 15.0. The van der Waals surface area contributed by atoms with Gasteiger partial charge in [0.2, 0.25) is 12.5 Å². The summed E-state index contributed by atoms with van der Waals surface area (Å²) in [5, 5.41) is 6.28. The fraction of sp³-hybridized carbons (Fsp3) is 0.545. The Morgan fingerprint density at radius 3 is 2.44 bits per heavy atom. The van der Waals surface area contributed by atoms with Crippen LogP contribution in [0.3, 0.4) is 0 Å². The van der Waals surface area contributed by atoms with Crippen LogP contribution in [0, 0.1) is 0 Å². The molecule has 3 heterocycles. The Kier molecular flexibility index (Phi) is 9.13. The summed E-state index contributed by atoms with van der Waals surface area (Å²) in [4.78, 5) is 2.20. The number of fused-ring (bicyclic) bond motifs is 5. The van der Waals surface area contributed by atoms with Gasteiger partial charge in [-0.3, -0.25) is 0 Å². The molecule has 0 saturated carbocycles. The maximum absolute atomic E-state index is 5.84. The Bertz CT molecular complexity index is 1290. The summed E-state index contributed by atoms with van der Waals surface area (Å²) in [7, 11) is 5.99. The molecular weight excluding hydrogens is 486 g/mol. The smallest absolute Gasteiger partial charge is 0.231 e. The highest BCUT2D eigenvalue weighted by molar-refractivity contribution is 6.00.